The van der Waals surface area contributed by atoms with E-state index in [0.717, 1.165) is 0 Å². The smallest absolute Gasteiger partial charge is 0.550 e. The molecule has 24 heavy (non-hydrogen) atoms. The predicted octanol–water partition coefficient (Wildman–Crippen LogP) is -2.65. The Morgan fingerprint density at radius 3 is 2.38 bits per heavy atom. The van der Waals surface area contributed by atoms with E-state index in [2.05, 4.69) is 5.32 Å². The van der Waals surface area contributed by atoms with Crippen molar-refractivity contribution in [3.63, 3.8) is 0 Å². The topological polar surface area (TPSA) is 96.2 Å². The predicted molar refractivity (Wildman–Crippen MR) is 83.2 cm³/mol. The second-order valence-electron chi connectivity index (χ2n) is 5.21. The molecule has 7 nitrogen and oxygen atoms in total. The Bertz CT molecular complexity index is 781. The Kier molecular flexibility index (Phi) is 7.47. The molecule has 0 saturated carbocycles. The Balaban J connectivity index is 0.00000288. The van der Waals surface area contributed by atoms with Crippen LogP contribution < -0.4 is 45.5 Å². The van der Waals surface area contributed by atoms with E-state index in [4.69, 9.17) is 0 Å². The number of aromatic nitrogens is 2. The average Bonchev–Trinajstić information content (AvgIpc) is 2.71. The van der Waals surface area contributed by atoms with Gasteiger partial charge in [-0.15, -0.1) is 0 Å². The van der Waals surface area contributed by atoms with Crippen LogP contribution in [0.5, 0.6) is 0 Å². The number of anilines is 1. The molecule has 1 heterocycles. The zero-order valence-corrected chi connectivity index (χ0v) is 16.0. The van der Waals surface area contributed by atoms with Gasteiger partial charge in [0, 0.05) is 19.4 Å². The molecular weight excluding hydrogens is 321 g/mol. The van der Waals surface area contributed by atoms with Gasteiger partial charge in [0.1, 0.15) is 5.69 Å². The molecule has 0 aliphatic heterocycles. The van der Waals surface area contributed by atoms with E-state index in [1.165, 1.54) is 4.68 Å². The van der Waals surface area contributed by atoms with Crippen LogP contribution in [0.25, 0.3) is 5.69 Å². The molecule has 0 radical (unpaired) electrons. The van der Waals surface area contributed by atoms with Gasteiger partial charge in [-0.1, -0.05) is 18.2 Å². The standard InChI is InChI=1S/C16H19N3O4.Na/c1-11-15(17-13(20)9-6-10-14(21)22)16(23)19(18(11)2)12-7-4-3-5-8-12;/h3-5,7-8H,6,9-10H2,1-2H3,(H,17,20)(H,21,22);/q;+1/p-1. The Morgan fingerprint density at radius 2 is 1.79 bits per heavy atom. The van der Waals surface area contributed by atoms with Crippen LogP contribution in [-0.2, 0) is 16.6 Å². The summed E-state index contributed by atoms with van der Waals surface area (Å²) in [7, 11) is 1.73. The Hall–Kier alpha value is -1.83. The number of nitrogens with zero attached hydrogens (tertiary/aromatic N) is 2. The summed E-state index contributed by atoms with van der Waals surface area (Å²) in [4.78, 5) is 34.8. The number of carbonyl (C=O) groups excluding carboxylic acids is 2. The van der Waals surface area contributed by atoms with Gasteiger partial charge in [-0.05, 0) is 31.9 Å². The van der Waals surface area contributed by atoms with E-state index in [0.29, 0.717) is 11.4 Å². The minimum Gasteiger partial charge on any atom is -0.550 e. The molecule has 0 aliphatic carbocycles. The van der Waals surface area contributed by atoms with Crippen molar-refractivity contribution in [2.24, 2.45) is 7.05 Å². The van der Waals surface area contributed by atoms with Gasteiger partial charge in [-0.2, -0.15) is 0 Å². The molecule has 2 aromatic rings. The SMILES string of the molecule is Cc1c(NC(=O)CCCC(=O)[O-])c(=O)n(-c2ccccc2)n1C.[Na+]. The minimum absolute atomic E-state index is 0. The van der Waals surface area contributed by atoms with Crippen molar-refractivity contribution in [3.05, 3.63) is 46.4 Å². The molecule has 0 aliphatic rings. The molecule has 122 valence electrons. The quantitative estimate of drug-likeness (QED) is 0.582. The van der Waals surface area contributed by atoms with Crippen molar-refractivity contribution in [2.45, 2.75) is 26.2 Å². The minimum atomic E-state index is -1.19. The first-order valence-corrected chi connectivity index (χ1v) is 7.25. The first-order chi connectivity index (χ1) is 10.9. The van der Waals surface area contributed by atoms with E-state index in [1.54, 1.807) is 30.8 Å². The van der Waals surface area contributed by atoms with Gasteiger partial charge in [0.25, 0.3) is 5.56 Å². The molecule has 8 heteroatoms. The van der Waals surface area contributed by atoms with Crippen LogP contribution >= 0.6 is 0 Å². The van der Waals surface area contributed by atoms with Gasteiger partial charge < -0.3 is 15.2 Å². The third-order valence-electron chi connectivity index (χ3n) is 3.60. The third-order valence-corrected chi connectivity index (χ3v) is 3.60. The summed E-state index contributed by atoms with van der Waals surface area (Å²) >= 11 is 0. The third kappa shape index (κ3) is 4.59. The summed E-state index contributed by atoms with van der Waals surface area (Å²) in [6, 6.07) is 9.09. The van der Waals surface area contributed by atoms with Gasteiger partial charge in [0.05, 0.1) is 11.4 Å². The molecule has 2 rings (SSSR count). The number of carboxylic acids is 1. The number of hydrogen-bond acceptors (Lipinski definition) is 4. The normalized spacial score (nSPS) is 10.1. The molecule has 0 bridgehead atoms. The summed E-state index contributed by atoms with van der Waals surface area (Å²) in [6.45, 7) is 1.73. The van der Waals surface area contributed by atoms with E-state index >= 15 is 0 Å². The first-order valence-electron chi connectivity index (χ1n) is 7.25. The fourth-order valence-corrected chi connectivity index (χ4v) is 2.31. The molecule has 1 aromatic heterocycles. The number of carbonyl (C=O) groups is 2. The van der Waals surface area contributed by atoms with Gasteiger partial charge in [-0.3, -0.25) is 14.3 Å². The van der Waals surface area contributed by atoms with Crippen molar-refractivity contribution < 1.29 is 44.3 Å². The number of benzene rings is 1. The maximum atomic E-state index is 12.6. The largest absolute Gasteiger partial charge is 1.00 e. The molecule has 0 saturated heterocycles. The molecule has 0 atom stereocenters. The van der Waals surface area contributed by atoms with E-state index in [-0.39, 0.29) is 60.1 Å². The van der Waals surface area contributed by atoms with E-state index in [9.17, 15) is 19.5 Å². The van der Waals surface area contributed by atoms with Crippen molar-refractivity contribution in [1.29, 1.82) is 0 Å². The number of para-hydroxylation sites is 1. The summed E-state index contributed by atoms with van der Waals surface area (Å²) in [6.07, 6.45) is 0.00938. The molecule has 0 spiro atoms. The van der Waals surface area contributed by atoms with Crippen molar-refractivity contribution in [1.82, 2.24) is 9.36 Å². The van der Waals surface area contributed by atoms with Crippen molar-refractivity contribution in [2.75, 3.05) is 5.32 Å². The average molecular weight is 339 g/mol. The number of aliphatic carboxylic acids is 1. The fraction of sp³-hybridized carbons (Fsp3) is 0.312. The van der Waals surface area contributed by atoms with Gasteiger partial charge >= 0.3 is 29.6 Å². The second kappa shape index (κ2) is 8.86. The van der Waals surface area contributed by atoms with Gasteiger partial charge in [0.2, 0.25) is 5.91 Å². The van der Waals surface area contributed by atoms with E-state index in [1.807, 2.05) is 18.2 Å². The molecule has 0 fully saturated rings. The zero-order valence-electron chi connectivity index (χ0n) is 14.0. The molecule has 1 N–H and O–H groups in total. The van der Waals surface area contributed by atoms with Crippen LogP contribution in [-0.4, -0.2) is 21.2 Å². The molecular formula is C16H18N3NaO4. The fourth-order valence-electron chi connectivity index (χ4n) is 2.31. The number of nitrogens with one attached hydrogen (secondary N) is 1. The molecule has 1 amide bonds. The Labute approximate surface area is 161 Å². The maximum Gasteiger partial charge on any atom is 1.00 e. The number of rotatable bonds is 6. The van der Waals surface area contributed by atoms with Crippen molar-refractivity contribution >= 4 is 17.6 Å². The van der Waals surface area contributed by atoms with Gasteiger partial charge in [-0.25, -0.2) is 4.68 Å². The van der Waals surface area contributed by atoms with Crippen LogP contribution in [0.1, 0.15) is 25.0 Å². The number of hydrogen-bond donors (Lipinski definition) is 1. The summed E-state index contributed by atoms with van der Waals surface area (Å²) in [5.74, 6) is -1.59. The van der Waals surface area contributed by atoms with Crippen molar-refractivity contribution in [3.8, 4) is 5.69 Å². The van der Waals surface area contributed by atoms with Gasteiger partial charge in [0.15, 0.2) is 0 Å². The van der Waals surface area contributed by atoms with Crippen LogP contribution in [0.15, 0.2) is 35.1 Å². The maximum absolute atomic E-state index is 12.6. The van der Waals surface area contributed by atoms with Crippen LogP contribution in [0, 0.1) is 6.92 Å². The zero-order chi connectivity index (χ0) is 17.0. The number of carboxylic acid groups (broad SMARTS) is 1. The summed E-state index contributed by atoms with van der Waals surface area (Å²) in [5.41, 5.74) is 1.19. The Morgan fingerprint density at radius 1 is 1.17 bits per heavy atom. The monoisotopic (exact) mass is 339 g/mol. The van der Waals surface area contributed by atoms with E-state index < -0.39 is 11.9 Å². The first kappa shape index (κ1) is 20.2. The second-order valence-corrected chi connectivity index (χ2v) is 5.21. The summed E-state index contributed by atoms with van der Waals surface area (Å²) in [5, 5.41) is 12.9. The van der Waals surface area contributed by atoms with Crippen LogP contribution in [0.3, 0.4) is 0 Å². The van der Waals surface area contributed by atoms with Crippen LogP contribution in [0.4, 0.5) is 5.69 Å². The molecule has 1 aromatic carbocycles. The number of amides is 1. The van der Waals surface area contributed by atoms with Crippen LogP contribution in [0.2, 0.25) is 0 Å². The molecule has 0 unspecified atom stereocenters. The summed E-state index contributed by atoms with van der Waals surface area (Å²) < 4.78 is 3.13.